The molecule has 2 aromatic carbocycles. The fourth-order valence-corrected chi connectivity index (χ4v) is 4.11. The molecule has 0 amide bonds. The average molecular weight is 409 g/mol. The molecule has 0 aliphatic heterocycles. The summed E-state index contributed by atoms with van der Waals surface area (Å²) in [4.78, 5) is 0.0464. The van der Waals surface area contributed by atoms with Gasteiger partial charge in [0.15, 0.2) is 0 Å². The predicted molar refractivity (Wildman–Crippen MR) is 79.1 cm³/mol. The summed E-state index contributed by atoms with van der Waals surface area (Å²) >= 11 is 6.27. The van der Waals surface area contributed by atoms with Crippen molar-refractivity contribution in [2.45, 2.75) is 4.90 Å². The first kappa shape index (κ1) is 14.5. The zero-order chi connectivity index (χ0) is 14.0. The highest BCUT2D eigenvalue weighted by molar-refractivity contribution is 9.11. The minimum Gasteiger partial charge on any atom is -0.275 e. The van der Waals surface area contributed by atoms with E-state index in [1.807, 2.05) is 0 Å². The van der Waals surface area contributed by atoms with E-state index in [-0.39, 0.29) is 10.6 Å². The number of hydrogen-bond donors (Lipinski definition) is 1. The van der Waals surface area contributed by atoms with Crippen molar-refractivity contribution in [2.24, 2.45) is 0 Å². The Morgan fingerprint density at radius 3 is 2.21 bits per heavy atom. The highest BCUT2D eigenvalue weighted by Crippen LogP contribution is 2.29. The van der Waals surface area contributed by atoms with Crippen LogP contribution in [0.4, 0.5) is 10.1 Å². The fraction of sp³-hybridized carbons (Fsp3) is 0. The van der Waals surface area contributed by atoms with E-state index in [0.717, 1.165) is 0 Å². The molecule has 0 spiro atoms. The van der Waals surface area contributed by atoms with Gasteiger partial charge in [-0.3, -0.25) is 4.72 Å². The summed E-state index contributed by atoms with van der Waals surface area (Å²) in [5, 5.41) is 0. The van der Waals surface area contributed by atoms with Gasteiger partial charge in [-0.05, 0) is 56.1 Å². The standard InChI is InChI=1S/C12H8Br2FNO2S/c13-8-4-1-2-7-11(8)19(17,18)16-12-9(14)5-3-6-10(12)15/h1-7,16H. The van der Waals surface area contributed by atoms with Crippen LogP contribution in [-0.2, 0) is 10.0 Å². The van der Waals surface area contributed by atoms with E-state index >= 15 is 0 Å². The molecular formula is C12H8Br2FNO2S. The van der Waals surface area contributed by atoms with E-state index in [0.29, 0.717) is 8.95 Å². The van der Waals surface area contributed by atoms with Crippen molar-refractivity contribution < 1.29 is 12.8 Å². The largest absolute Gasteiger partial charge is 0.275 e. The molecule has 0 fully saturated rings. The molecule has 0 radical (unpaired) electrons. The fourth-order valence-electron chi connectivity index (χ4n) is 1.45. The van der Waals surface area contributed by atoms with Gasteiger partial charge in [0.25, 0.3) is 10.0 Å². The van der Waals surface area contributed by atoms with Crippen molar-refractivity contribution in [3.63, 3.8) is 0 Å². The second-order valence-corrected chi connectivity index (χ2v) is 6.99. The third-order valence-electron chi connectivity index (χ3n) is 2.33. The molecular weight excluding hydrogens is 401 g/mol. The topological polar surface area (TPSA) is 46.2 Å². The van der Waals surface area contributed by atoms with Crippen molar-refractivity contribution in [3.05, 3.63) is 57.2 Å². The van der Waals surface area contributed by atoms with Gasteiger partial charge in [-0.1, -0.05) is 18.2 Å². The summed E-state index contributed by atoms with van der Waals surface area (Å²) in [6, 6.07) is 10.5. The van der Waals surface area contributed by atoms with Crippen LogP contribution in [0.5, 0.6) is 0 Å². The van der Waals surface area contributed by atoms with E-state index in [4.69, 9.17) is 0 Å². The number of rotatable bonds is 3. The molecule has 2 aromatic rings. The van der Waals surface area contributed by atoms with Crippen molar-refractivity contribution in [2.75, 3.05) is 4.72 Å². The highest BCUT2D eigenvalue weighted by Gasteiger charge is 2.20. The van der Waals surface area contributed by atoms with Gasteiger partial charge in [0, 0.05) is 8.95 Å². The maximum atomic E-state index is 13.6. The van der Waals surface area contributed by atoms with Crippen LogP contribution in [0.2, 0.25) is 0 Å². The Kier molecular flexibility index (Phi) is 4.27. The minimum absolute atomic E-state index is 0.0464. The summed E-state index contributed by atoms with van der Waals surface area (Å²) in [5.74, 6) is -0.648. The number of anilines is 1. The molecule has 0 heterocycles. The van der Waals surface area contributed by atoms with Crippen LogP contribution in [0.3, 0.4) is 0 Å². The maximum absolute atomic E-state index is 13.6. The zero-order valence-electron chi connectivity index (χ0n) is 9.40. The minimum atomic E-state index is -3.86. The van der Waals surface area contributed by atoms with Crippen LogP contribution in [0.15, 0.2) is 56.3 Å². The predicted octanol–water partition coefficient (Wildman–Crippen LogP) is 4.15. The van der Waals surface area contributed by atoms with Gasteiger partial charge in [0.2, 0.25) is 0 Å². The first-order chi connectivity index (χ1) is 8.92. The third kappa shape index (κ3) is 3.16. The van der Waals surface area contributed by atoms with Gasteiger partial charge >= 0.3 is 0 Å². The van der Waals surface area contributed by atoms with Crippen molar-refractivity contribution in [1.82, 2.24) is 0 Å². The Balaban J connectivity index is 2.46. The molecule has 0 bridgehead atoms. The Morgan fingerprint density at radius 1 is 0.947 bits per heavy atom. The Bertz CT molecular complexity index is 699. The van der Waals surface area contributed by atoms with Crippen LogP contribution < -0.4 is 4.72 Å². The van der Waals surface area contributed by atoms with Crippen LogP contribution >= 0.6 is 31.9 Å². The molecule has 0 aliphatic rings. The van der Waals surface area contributed by atoms with Crippen LogP contribution in [0, 0.1) is 5.82 Å². The molecule has 0 unspecified atom stereocenters. The monoisotopic (exact) mass is 407 g/mol. The van der Waals surface area contributed by atoms with E-state index < -0.39 is 15.8 Å². The molecule has 19 heavy (non-hydrogen) atoms. The Labute approximate surface area is 127 Å². The lowest BCUT2D eigenvalue weighted by Gasteiger charge is -2.11. The summed E-state index contributed by atoms with van der Waals surface area (Å²) in [5.41, 5.74) is -0.113. The van der Waals surface area contributed by atoms with Gasteiger partial charge in [0.05, 0.1) is 5.69 Å². The molecule has 0 atom stereocenters. The Morgan fingerprint density at radius 2 is 1.58 bits per heavy atom. The lowest BCUT2D eigenvalue weighted by atomic mass is 10.3. The molecule has 1 N–H and O–H groups in total. The van der Waals surface area contributed by atoms with Gasteiger partial charge < -0.3 is 0 Å². The smallest absolute Gasteiger partial charge is 0.263 e. The van der Waals surface area contributed by atoms with Gasteiger partial charge in [0.1, 0.15) is 10.7 Å². The molecule has 3 nitrogen and oxygen atoms in total. The SMILES string of the molecule is O=S(=O)(Nc1c(F)cccc1Br)c1ccccc1Br. The van der Waals surface area contributed by atoms with E-state index in [2.05, 4.69) is 36.6 Å². The summed E-state index contributed by atoms with van der Waals surface area (Å²) in [6.07, 6.45) is 0. The second kappa shape index (κ2) is 5.60. The van der Waals surface area contributed by atoms with Crippen molar-refractivity contribution >= 4 is 47.6 Å². The third-order valence-corrected chi connectivity index (χ3v) is 5.35. The Hall–Kier alpha value is -0.920. The number of nitrogens with one attached hydrogen (secondary N) is 1. The molecule has 0 saturated heterocycles. The van der Waals surface area contributed by atoms with Gasteiger partial charge in [-0.25, -0.2) is 12.8 Å². The van der Waals surface area contributed by atoms with E-state index in [9.17, 15) is 12.8 Å². The van der Waals surface area contributed by atoms with E-state index in [1.54, 1.807) is 24.3 Å². The van der Waals surface area contributed by atoms with Crippen LogP contribution in [0.25, 0.3) is 0 Å². The molecule has 0 saturated carbocycles. The molecule has 2 rings (SSSR count). The number of hydrogen-bond acceptors (Lipinski definition) is 2. The summed E-state index contributed by atoms with van der Waals surface area (Å²) in [7, 11) is -3.86. The number of para-hydroxylation sites is 1. The number of halogens is 3. The van der Waals surface area contributed by atoms with E-state index in [1.165, 1.54) is 18.2 Å². The molecule has 7 heteroatoms. The van der Waals surface area contributed by atoms with Crippen LogP contribution in [-0.4, -0.2) is 8.42 Å². The summed E-state index contributed by atoms with van der Waals surface area (Å²) < 4.78 is 41.0. The zero-order valence-corrected chi connectivity index (χ0v) is 13.4. The second-order valence-electron chi connectivity index (χ2n) is 3.63. The van der Waals surface area contributed by atoms with Crippen molar-refractivity contribution in [3.8, 4) is 0 Å². The van der Waals surface area contributed by atoms with Crippen molar-refractivity contribution in [1.29, 1.82) is 0 Å². The van der Waals surface area contributed by atoms with Crippen LogP contribution in [0.1, 0.15) is 0 Å². The normalized spacial score (nSPS) is 11.3. The summed E-state index contributed by atoms with van der Waals surface area (Å²) in [6.45, 7) is 0. The highest BCUT2D eigenvalue weighted by atomic mass is 79.9. The first-order valence-corrected chi connectivity index (χ1v) is 8.20. The maximum Gasteiger partial charge on any atom is 0.263 e. The average Bonchev–Trinajstić information content (AvgIpc) is 2.34. The number of benzene rings is 2. The lowest BCUT2D eigenvalue weighted by Crippen LogP contribution is -2.14. The molecule has 100 valence electrons. The van der Waals surface area contributed by atoms with Gasteiger partial charge in [-0.15, -0.1) is 0 Å². The molecule has 0 aliphatic carbocycles. The number of sulfonamides is 1. The first-order valence-electron chi connectivity index (χ1n) is 5.13. The lowest BCUT2D eigenvalue weighted by molar-refractivity contribution is 0.598. The van der Waals surface area contributed by atoms with Gasteiger partial charge in [-0.2, -0.15) is 0 Å². The molecule has 0 aromatic heterocycles. The quantitative estimate of drug-likeness (QED) is 0.828.